The minimum absolute atomic E-state index is 0.145. The van der Waals surface area contributed by atoms with E-state index < -0.39 is 41.8 Å². The largest absolute Gasteiger partial charge is 0.353 e. The SMILES string of the molecule is CC(=O)c1cn(CC(=O)N2C[C@H](F)C[C@H]2C(=O)NC2CCCN(c3cc(C)ccc3F)C2=O)c2ccc(Nc3cncnc3)cc12. The number of Topliss-reactive ketones (excluding diaryl/α,β-unsaturated/α-hetero) is 1. The Hall–Kier alpha value is -5.20. The van der Waals surface area contributed by atoms with Crippen LogP contribution in [0.1, 0.15) is 42.1 Å². The number of ketones is 1. The lowest BCUT2D eigenvalue weighted by atomic mass is 10.0. The Balaban J connectivity index is 1.18. The van der Waals surface area contributed by atoms with Crippen molar-refractivity contribution < 1.29 is 28.0 Å². The molecule has 2 saturated heterocycles. The molecule has 2 N–H and O–H groups in total. The molecule has 13 heteroatoms. The third-order valence-corrected chi connectivity index (χ3v) is 8.44. The number of nitrogens with zero attached hydrogens (tertiary/aromatic N) is 5. The van der Waals surface area contributed by atoms with E-state index in [1.54, 1.807) is 60.4 Å². The summed E-state index contributed by atoms with van der Waals surface area (Å²) in [5.41, 5.74) is 3.29. The molecule has 0 spiro atoms. The monoisotopic (exact) mass is 629 g/mol. The lowest BCUT2D eigenvalue weighted by molar-refractivity contribution is -0.139. The minimum Gasteiger partial charge on any atom is -0.353 e. The van der Waals surface area contributed by atoms with Crippen LogP contribution >= 0.6 is 0 Å². The number of halogens is 2. The number of likely N-dealkylation sites (tertiary alicyclic amines) is 1. The number of hydrogen-bond donors (Lipinski definition) is 2. The van der Waals surface area contributed by atoms with Gasteiger partial charge in [-0.05, 0) is 62.6 Å². The topological polar surface area (TPSA) is 130 Å². The number of carbonyl (C=O) groups is 4. The first-order valence-electron chi connectivity index (χ1n) is 15.1. The van der Waals surface area contributed by atoms with Gasteiger partial charge in [0, 0.05) is 41.3 Å². The van der Waals surface area contributed by atoms with E-state index >= 15 is 0 Å². The fourth-order valence-electron chi connectivity index (χ4n) is 6.21. The zero-order chi connectivity index (χ0) is 32.5. The highest BCUT2D eigenvalue weighted by atomic mass is 19.1. The number of rotatable bonds is 8. The number of carbonyl (C=O) groups excluding carboxylic acids is 4. The van der Waals surface area contributed by atoms with Crippen molar-refractivity contribution in [1.29, 1.82) is 0 Å². The van der Waals surface area contributed by atoms with Crippen LogP contribution < -0.4 is 15.5 Å². The van der Waals surface area contributed by atoms with E-state index in [9.17, 15) is 28.0 Å². The maximum atomic E-state index is 14.7. The zero-order valence-electron chi connectivity index (χ0n) is 25.4. The zero-order valence-corrected chi connectivity index (χ0v) is 25.4. The fraction of sp³-hybridized carbons (Fsp3) is 0.333. The molecular formula is C33H33F2N7O4. The molecule has 3 atom stereocenters. The Morgan fingerprint density at radius 1 is 1.07 bits per heavy atom. The summed E-state index contributed by atoms with van der Waals surface area (Å²) in [5, 5.41) is 6.51. The van der Waals surface area contributed by atoms with E-state index in [4.69, 9.17) is 0 Å². The molecule has 1 unspecified atom stereocenters. The standard InChI is InChI=1S/C33H33F2N7O4/c1-19-5-7-26(35)29(10-19)41-9-3-4-27(33(41)46)39-32(45)30-11-21(34)15-42(30)31(44)17-40-16-25(20(2)43)24-12-22(6-8-28(24)40)38-23-13-36-18-37-14-23/h5-8,10,12-14,16,18,21,27,30,38H,3-4,9,11,15,17H2,1-2H3,(H,39,45)/t21-,27?,30+/m1/s1. The molecule has 2 aromatic heterocycles. The summed E-state index contributed by atoms with van der Waals surface area (Å²) >= 11 is 0. The number of nitrogens with one attached hydrogen (secondary N) is 2. The van der Waals surface area contributed by atoms with Gasteiger partial charge in [0.1, 0.15) is 36.9 Å². The summed E-state index contributed by atoms with van der Waals surface area (Å²) in [7, 11) is 0. The van der Waals surface area contributed by atoms with E-state index in [0.29, 0.717) is 47.2 Å². The second kappa shape index (κ2) is 12.7. The third kappa shape index (κ3) is 6.17. The number of aromatic nitrogens is 3. The molecule has 2 aliphatic heterocycles. The summed E-state index contributed by atoms with van der Waals surface area (Å²) < 4.78 is 30.9. The lowest BCUT2D eigenvalue weighted by Crippen LogP contribution is -2.56. The van der Waals surface area contributed by atoms with Gasteiger partial charge in [-0.3, -0.25) is 19.2 Å². The van der Waals surface area contributed by atoms with E-state index in [1.165, 1.54) is 29.1 Å². The quantitative estimate of drug-likeness (QED) is 0.281. The van der Waals surface area contributed by atoms with Crippen LogP contribution in [0.2, 0.25) is 0 Å². The fourth-order valence-corrected chi connectivity index (χ4v) is 6.21. The van der Waals surface area contributed by atoms with Gasteiger partial charge in [-0.1, -0.05) is 6.07 Å². The van der Waals surface area contributed by atoms with Crippen LogP contribution in [0.25, 0.3) is 10.9 Å². The Morgan fingerprint density at radius 2 is 1.85 bits per heavy atom. The Labute approximate surface area is 263 Å². The first-order chi connectivity index (χ1) is 22.1. The molecule has 238 valence electrons. The van der Waals surface area contributed by atoms with Gasteiger partial charge in [0.05, 0.1) is 30.3 Å². The average molecular weight is 630 g/mol. The van der Waals surface area contributed by atoms with Crippen LogP contribution in [-0.4, -0.2) is 74.3 Å². The summed E-state index contributed by atoms with van der Waals surface area (Å²) in [4.78, 5) is 63.4. The Morgan fingerprint density at radius 3 is 2.61 bits per heavy atom. The van der Waals surface area contributed by atoms with Gasteiger partial charge in [-0.15, -0.1) is 0 Å². The number of alkyl halides is 1. The van der Waals surface area contributed by atoms with Crippen LogP contribution in [0.15, 0.2) is 61.3 Å². The molecule has 3 amide bonds. The molecule has 4 aromatic rings. The molecule has 46 heavy (non-hydrogen) atoms. The van der Waals surface area contributed by atoms with E-state index in [-0.39, 0.29) is 31.0 Å². The second-order valence-corrected chi connectivity index (χ2v) is 11.8. The second-order valence-electron chi connectivity index (χ2n) is 11.8. The van der Waals surface area contributed by atoms with Crippen molar-refractivity contribution in [2.75, 3.05) is 23.3 Å². The van der Waals surface area contributed by atoms with Crippen LogP contribution in [0.3, 0.4) is 0 Å². The van der Waals surface area contributed by atoms with Gasteiger partial charge >= 0.3 is 0 Å². The number of piperidine rings is 1. The molecule has 11 nitrogen and oxygen atoms in total. The van der Waals surface area contributed by atoms with Crippen LogP contribution in [0, 0.1) is 12.7 Å². The molecule has 2 aromatic carbocycles. The Bertz CT molecular complexity index is 1830. The van der Waals surface area contributed by atoms with Gasteiger partial charge in [0.2, 0.25) is 17.7 Å². The first kappa shape index (κ1) is 30.8. The highest BCUT2D eigenvalue weighted by Gasteiger charge is 2.42. The molecule has 4 heterocycles. The van der Waals surface area contributed by atoms with Gasteiger partial charge in [0.25, 0.3) is 0 Å². The van der Waals surface area contributed by atoms with Crippen molar-refractivity contribution in [3.63, 3.8) is 0 Å². The highest BCUT2D eigenvalue weighted by molar-refractivity contribution is 6.08. The maximum absolute atomic E-state index is 14.7. The van der Waals surface area contributed by atoms with E-state index in [2.05, 4.69) is 20.6 Å². The summed E-state index contributed by atoms with van der Waals surface area (Å²) in [5.74, 6) is -2.34. The smallest absolute Gasteiger partial charge is 0.249 e. The predicted molar refractivity (Wildman–Crippen MR) is 167 cm³/mol. The average Bonchev–Trinajstić information content (AvgIpc) is 3.60. The molecule has 0 saturated carbocycles. The number of amides is 3. The number of benzene rings is 2. The highest BCUT2D eigenvalue weighted by Crippen LogP contribution is 2.29. The summed E-state index contributed by atoms with van der Waals surface area (Å²) in [6, 6.07) is 7.78. The molecular weight excluding hydrogens is 596 g/mol. The van der Waals surface area contributed by atoms with Gasteiger partial charge in [-0.25, -0.2) is 18.7 Å². The van der Waals surface area contributed by atoms with Gasteiger partial charge in [-0.2, -0.15) is 0 Å². The molecule has 2 aliphatic rings. The third-order valence-electron chi connectivity index (χ3n) is 8.44. The number of fused-ring (bicyclic) bond motifs is 1. The van der Waals surface area contributed by atoms with Crippen molar-refractivity contribution >= 4 is 51.5 Å². The van der Waals surface area contributed by atoms with E-state index in [1.807, 2.05) is 0 Å². The van der Waals surface area contributed by atoms with Crippen molar-refractivity contribution in [2.45, 2.75) is 57.9 Å². The maximum Gasteiger partial charge on any atom is 0.249 e. The number of hydrogen-bond acceptors (Lipinski definition) is 7. The van der Waals surface area contributed by atoms with Crippen LogP contribution in [-0.2, 0) is 20.9 Å². The molecule has 6 rings (SSSR count). The summed E-state index contributed by atoms with van der Waals surface area (Å²) in [6.07, 6.45) is 5.44. The van der Waals surface area contributed by atoms with Gasteiger partial charge in [0.15, 0.2) is 5.78 Å². The van der Waals surface area contributed by atoms with E-state index in [0.717, 1.165) is 5.56 Å². The molecule has 0 radical (unpaired) electrons. The molecule has 2 fully saturated rings. The molecule has 0 aliphatic carbocycles. The minimum atomic E-state index is -1.43. The van der Waals surface area contributed by atoms with Crippen molar-refractivity contribution in [3.05, 3.63) is 78.3 Å². The van der Waals surface area contributed by atoms with Crippen molar-refractivity contribution in [3.8, 4) is 0 Å². The summed E-state index contributed by atoms with van der Waals surface area (Å²) in [6.45, 7) is 3.02. The predicted octanol–water partition coefficient (Wildman–Crippen LogP) is 4.08. The van der Waals surface area contributed by atoms with Gasteiger partial charge < -0.3 is 25.0 Å². The van der Waals surface area contributed by atoms with Crippen molar-refractivity contribution in [2.24, 2.45) is 0 Å². The molecule has 0 bridgehead atoms. The first-order valence-corrected chi connectivity index (χ1v) is 15.1. The number of aryl methyl sites for hydroxylation is 1. The van der Waals surface area contributed by atoms with Crippen LogP contribution in [0.5, 0.6) is 0 Å². The normalized spacial score (nSPS) is 19.8. The number of anilines is 3. The van der Waals surface area contributed by atoms with Crippen molar-refractivity contribution in [1.82, 2.24) is 24.8 Å². The lowest BCUT2D eigenvalue weighted by Gasteiger charge is -2.34. The Kier molecular flexibility index (Phi) is 8.48. The van der Waals surface area contributed by atoms with Crippen LogP contribution in [0.4, 0.5) is 25.8 Å².